The molecule has 144 valence electrons. The van der Waals surface area contributed by atoms with Gasteiger partial charge < -0.3 is 14.8 Å². The predicted molar refractivity (Wildman–Crippen MR) is 109 cm³/mol. The van der Waals surface area contributed by atoms with Crippen LogP contribution in [0.15, 0.2) is 24.8 Å². The topological polar surface area (TPSA) is 50.8 Å². The fourth-order valence-electron chi connectivity index (χ4n) is 3.46. The van der Waals surface area contributed by atoms with Gasteiger partial charge in [0.15, 0.2) is 11.5 Å². The number of hydrogen-bond acceptors (Lipinski definition) is 5. The molecule has 2 rings (SSSR count). The van der Waals surface area contributed by atoms with Crippen molar-refractivity contribution in [1.82, 2.24) is 10.2 Å². The van der Waals surface area contributed by atoms with E-state index in [9.17, 15) is 4.79 Å². The second-order valence-electron chi connectivity index (χ2n) is 6.50. The molecule has 1 aromatic carbocycles. The number of carbonyl (C=O) groups excluding carboxylic acids is 1. The molecule has 1 unspecified atom stereocenters. The van der Waals surface area contributed by atoms with Crippen LogP contribution in [0, 0.1) is 0 Å². The number of amides is 1. The maximum atomic E-state index is 12.8. The SMILES string of the molecule is C=CCN1CCCC1CNC(=O)c1cc(CCCS)cc(OC)c1OC. The molecule has 1 aromatic rings. The van der Waals surface area contributed by atoms with Gasteiger partial charge in [-0.15, -0.1) is 6.58 Å². The van der Waals surface area contributed by atoms with Crippen molar-refractivity contribution in [2.45, 2.75) is 31.7 Å². The third kappa shape index (κ3) is 5.17. The minimum Gasteiger partial charge on any atom is -0.493 e. The smallest absolute Gasteiger partial charge is 0.255 e. The van der Waals surface area contributed by atoms with Crippen molar-refractivity contribution in [2.24, 2.45) is 0 Å². The maximum Gasteiger partial charge on any atom is 0.255 e. The first-order valence-corrected chi connectivity index (χ1v) is 9.76. The number of nitrogens with one attached hydrogen (secondary N) is 1. The Kier molecular flexibility index (Phi) is 8.32. The van der Waals surface area contributed by atoms with Gasteiger partial charge in [0.1, 0.15) is 0 Å². The van der Waals surface area contributed by atoms with E-state index in [2.05, 4.69) is 29.4 Å². The van der Waals surface area contributed by atoms with Crippen molar-refractivity contribution in [2.75, 3.05) is 39.6 Å². The molecule has 1 aliphatic heterocycles. The molecule has 26 heavy (non-hydrogen) atoms. The third-order valence-electron chi connectivity index (χ3n) is 4.77. The van der Waals surface area contributed by atoms with Gasteiger partial charge in [0, 0.05) is 19.1 Å². The second-order valence-corrected chi connectivity index (χ2v) is 6.94. The minimum atomic E-state index is -0.127. The summed E-state index contributed by atoms with van der Waals surface area (Å²) in [4.78, 5) is 15.2. The van der Waals surface area contributed by atoms with Crippen molar-refractivity contribution in [3.8, 4) is 11.5 Å². The van der Waals surface area contributed by atoms with Gasteiger partial charge in [0.25, 0.3) is 5.91 Å². The van der Waals surface area contributed by atoms with Crippen LogP contribution in [-0.4, -0.2) is 56.5 Å². The van der Waals surface area contributed by atoms with E-state index in [1.165, 1.54) is 0 Å². The number of benzene rings is 1. The molecule has 6 heteroatoms. The van der Waals surface area contributed by atoms with Crippen LogP contribution >= 0.6 is 12.6 Å². The minimum absolute atomic E-state index is 0.127. The van der Waals surface area contributed by atoms with Crippen LogP contribution in [0.1, 0.15) is 35.2 Å². The quantitative estimate of drug-likeness (QED) is 0.485. The standard InChI is InChI=1S/C20H30N2O3S/c1-4-9-22-10-5-8-16(22)14-21-20(23)17-12-15(7-6-11-26)13-18(24-2)19(17)25-3/h4,12-13,16,26H,1,5-11,14H2,2-3H3,(H,21,23). The number of rotatable bonds is 10. The highest BCUT2D eigenvalue weighted by molar-refractivity contribution is 7.80. The van der Waals surface area contributed by atoms with E-state index in [1.807, 2.05) is 18.2 Å². The molecule has 5 nitrogen and oxygen atoms in total. The monoisotopic (exact) mass is 378 g/mol. The molecule has 0 spiro atoms. The highest BCUT2D eigenvalue weighted by Crippen LogP contribution is 2.33. The van der Waals surface area contributed by atoms with Gasteiger partial charge in [0.05, 0.1) is 19.8 Å². The number of thiol groups is 1. The van der Waals surface area contributed by atoms with Crippen LogP contribution in [-0.2, 0) is 6.42 Å². The molecule has 1 saturated heterocycles. The summed E-state index contributed by atoms with van der Waals surface area (Å²) >= 11 is 4.27. The molecule has 1 atom stereocenters. The predicted octanol–water partition coefficient (Wildman–Crippen LogP) is 2.95. The first-order valence-electron chi connectivity index (χ1n) is 9.13. The molecule has 1 amide bonds. The van der Waals surface area contributed by atoms with Crippen LogP contribution in [0.25, 0.3) is 0 Å². The number of carbonyl (C=O) groups is 1. The lowest BCUT2D eigenvalue weighted by Crippen LogP contribution is -2.40. The van der Waals surface area contributed by atoms with E-state index in [0.29, 0.717) is 29.6 Å². The van der Waals surface area contributed by atoms with Gasteiger partial charge in [-0.2, -0.15) is 12.6 Å². The molecule has 0 bridgehead atoms. The largest absolute Gasteiger partial charge is 0.493 e. The van der Waals surface area contributed by atoms with E-state index in [-0.39, 0.29) is 5.91 Å². The van der Waals surface area contributed by atoms with Crippen molar-refractivity contribution in [3.63, 3.8) is 0 Å². The van der Waals surface area contributed by atoms with Crippen LogP contribution in [0.3, 0.4) is 0 Å². The molecule has 0 aliphatic carbocycles. The number of nitrogens with zero attached hydrogens (tertiary/aromatic N) is 1. The summed E-state index contributed by atoms with van der Waals surface area (Å²) in [5.41, 5.74) is 1.57. The van der Waals surface area contributed by atoms with Crippen molar-refractivity contribution < 1.29 is 14.3 Å². The molecule has 0 radical (unpaired) electrons. The lowest BCUT2D eigenvalue weighted by molar-refractivity contribution is 0.0938. The molecule has 1 aliphatic rings. The number of methoxy groups -OCH3 is 2. The first-order chi connectivity index (χ1) is 12.6. The summed E-state index contributed by atoms with van der Waals surface area (Å²) in [6, 6.07) is 4.19. The summed E-state index contributed by atoms with van der Waals surface area (Å²) in [5.74, 6) is 1.74. The average molecular weight is 379 g/mol. The molecule has 0 aromatic heterocycles. The average Bonchev–Trinajstić information content (AvgIpc) is 3.10. The summed E-state index contributed by atoms with van der Waals surface area (Å²) in [7, 11) is 3.15. The van der Waals surface area contributed by atoms with Gasteiger partial charge in [-0.1, -0.05) is 6.08 Å². The number of aryl methyl sites for hydroxylation is 1. The van der Waals surface area contributed by atoms with Gasteiger partial charge in [0.2, 0.25) is 0 Å². The second kappa shape index (κ2) is 10.5. The van der Waals surface area contributed by atoms with Crippen molar-refractivity contribution in [3.05, 3.63) is 35.9 Å². The normalized spacial score (nSPS) is 17.1. The zero-order valence-electron chi connectivity index (χ0n) is 15.8. The summed E-state index contributed by atoms with van der Waals surface area (Å²) in [5, 5.41) is 3.07. The van der Waals surface area contributed by atoms with E-state index in [1.54, 1.807) is 14.2 Å². The molecule has 0 saturated carbocycles. The first kappa shape index (κ1) is 20.6. The van der Waals surface area contributed by atoms with Crippen LogP contribution < -0.4 is 14.8 Å². The van der Waals surface area contributed by atoms with Gasteiger partial charge in [-0.25, -0.2) is 0 Å². The van der Waals surface area contributed by atoms with E-state index in [0.717, 1.165) is 50.1 Å². The fraction of sp³-hybridized carbons (Fsp3) is 0.550. The van der Waals surface area contributed by atoms with Crippen LogP contribution in [0.2, 0.25) is 0 Å². The molecule has 1 fully saturated rings. The number of ether oxygens (including phenoxy) is 2. The van der Waals surface area contributed by atoms with E-state index >= 15 is 0 Å². The summed E-state index contributed by atoms with van der Waals surface area (Å²) < 4.78 is 10.9. The van der Waals surface area contributed by atoms with Gasteiger partial charge in [-0.05, 0) is 55.7 Å². The molecule has 1 heterocycles. The Morgan fingerprint density at radius 3 is 2.88 bits per heavy atom. The third-order valence-corrected chi connectivity index (χ3v) is 5.08. The lowest BCUT2D eigenvalue weighted by atomic mass is 10.0. The van der Waals surface area contributed by atoms with Gasteiger partial charge in [-0.3, -0.25) is 9.69 Å². The van der Waals surface area contributed by atoms with Crippen molar-refractivity contribution in [1.29, 1.82) is 0 Å². The Bertz CT molecular complexity index is 621. The zero-order valence-corrected chi connectivity index (χ0v) is 16.7. The van der Waals surface area contributed by atoms with Gasteiger partial charge >= 0.3 is 0 Å². The van der Waals surface area contributed by atoms with Crippen LogP contribution in [0.5, 0.6) is 11.5 Å². The highest BCUT2D eigenvalue weighted by Gasteiger charge is 2.25. The van der Waals surface area contributed by atoms with Crippen LogP contribution in [0.4, 0.5) is 0 Å². The van der Waals surface area contributed by atoms with E-state index in [4.69, 9.17) is 9.47 Å². The Hall–Kier alpha value is -1.66. The maximum absolute atomic E-state index is 12.8. The molecule has 1 N–H and O–H groups in total. The lowest BCUT2D eigenvalue weighted by Gasteiger charge is -2.23. The Labute approximate surface area is 162 Å². The summed E-state index contributed by atoms with van der Waals surface area (Å²) in [6.07, 6.45) is 5.96. The number of likely N-dealkylation sites (tertiary alicyclic amines) is 1. The molecular weight excluding hydrogens is 348 g/mol. The Morgan fingerprint density at radius 1 is 1.42 bits per heavy atom. The Morgan fingerprint density at radius 2 is 2.23 bits per heavy atom. The Balaban J connectivity index is 2.14. The highest BCUT2D eigenvalue weighted by atomic mass is 32.1. The molecular formula is C20H30N2O3S. The van der Waals surface area contributed by atoms with E-state index < -0.39 is 0 Å². The zero-order chi connectivity index (χ0) is 18.9. The number of hydrogen-bond donors (Lipinski definition) is 2. The van der Waals surface area contributed by atoms with Crippen molar-refractivity contribution >= 4 is 18.5 Å². The fourth-order valence-corrected chi connectivity index (χ4v) is 3.61. The summed E-state index contributed by atoms with van der Waals surface area (Å²) in [6.45, 7) is 6.35.